The molecule has 3 aromatic carbocycles. The zero-order valence-electron chi connectivity index (χ0n) is 18.3. The normalized spacial score (nSPS) is 11.7. The summed E-state index contributed by atoms with van der Waals surface area (Å²) in [5, 5.41) is 9.46. The highest BCUT2D eigenvalue weighted by Crippen LogP contribution is 2.33. The Morgan fingerprint density at radius 1 is 1.00 bits per heavy atom. The number of carboxylic acid groups (broad SMARTS) is 1. The molecule has 3 aromatic rings. The van der Waals surface area contributed by atoms with Crippen LogP contribution in [0.2, 0.25) is 0 Å². The maximum Gasteiger partial charge on any atom is 0.339 e. The largest absolute Gasteiger partial charge is 0.493 e. The number of methoxy groups -OCH3 is 1. The topological polar surface area (TPSA) is 94.5 Å². The third kappa shape index (κ3) is 5.20. The van der Waals surface area contributed by atoms with E-state index in [0.29, 0.717) is 17.1 Å². The van der Waals surface area contributed by atoms with E-state index < -0.39 is 24.3 Å². The number of rotatable bonds is 9. The number of para-hydroxylation sites is 1. The van der Waals surface area contributed by atoms with Crippen LogP contribution in [0.4, 0.5) is 4.39 Å². The minimum atomic E-state index is -1.21. The number of amides is 1. The molecule has 0 unspecified atom stereocenters. The van der Waals surface area contributed by atoms with Crippen LogP contribution in [-0.4, -0.2) is 42.4 Å². The van der Waals surface area contributed by atoms with Gasteiger partial charge in [-0.3, -0.25) is 4.79 Å². The zero-order chi connectivity index (χ0) is 24.1. The van der Waals surface area contributed by atoms with Gasteiger partial charge in [0, 0.05) is 13.1 Å². The smallest absolute Gasteiger partial charge is 0.339 e. The second-order valence-corrected chi connectivity index (χ2v) is 7.50. The van der Waals surface area contributed by atoms with Crippen LogP contribution in [0.3, 0.4) is 0 Å². The molecule has 0 spiro atoms. The molecule has 0 bridgehead atoms. The molecule has 1 N–H and O–H groups in total. The van der Waals surface area contributed by atoms with Gasteiger partial charge in [0.1, 0.15) is 11.4 Å². The molecule has 1 aliphatic heterocycles. The SMILES string of the molecule is COc1cccc(C(=O)O)c1OCC(=O)N(Cc1cccc(F)c1)Cc1ccc2c(c1)OCO2. The second kappa shape index (κ2) is 10.1. The van der Waals surface area contributed by atoms with Crippen molar-refractivity contribution in [3.05, 3.63) is 83.2 Å². The molecule has 0 saturated carbocycles. The van der Waals surface area contributed by atoms with E-state index in [4.69, 9.17) is 18.9 Å². The molecule has 4 rings (SSSR count). The predicted octanol–water partition coefficient (Wildman–Crippen LogP) is 3.87. The Morgan fingerprint density at radius 2 is 1.74 bits per heavy atom. The first-order valence-corrected chi connectivity index (χ1v) is 10.4. The van der Waals surface area contributed by atoms with Gasteiger partial charge in [0.25, 0.3) is 5.91 Å². The molecule has 34 heavy (non-hydrogen) atoms. The summed E-state index contributed by atoms with van der Waals surface area (Å²) in [5.74, 6) is -0.703. The highest BCUT2D eigenvalue weighted by atomic mass is 19.1. The first kappa shape index (κ1) is 22.9. The number of halogens is 1. The molecule has 9 heteroatoms. The highest BCUT2D eigenvalue weighted by Gasteiger charge is 2.22. The lowest BCUT2D eigenvalue weighted by Gasteiger charge is -2.24. The molecule has 0 aromatic heterocycles. The quantitative estimate of drug-likeness (QED) is 0.511. The average molecular weight is 467 g/mol. The summed E-state index contributed by atoms with van der Waals surface area (Å²) < 4.78 is 35.3. The lowest BCUT2D eigenvalue weighted by atomic mass is 10.1. The monoisotopic (exact) mass is 467 g/mol. The maximum atomic E-state index is 13.7. The van der Waals surface area contributed by atoms with Crippen LogP contribution in [0.25, 0.3) is 0 Å². The van der Waals surface area contributed by atoms with Crippen molar-refractivity contribution in [1.29, 1.82) is 0 Å². The molecule has 0 fully saturated rings. The van der Waals surface area contributed by atoms with Gasteiger partial charge < -0.3 is 29.0 Å². The number of nitrogens with zero attached hydrogens (tertiary/aromatic N) is 1. The highest BCUT2D eigenvalue weighted by molar-refractivity contribution is 5.92. The van der Waals surface area contributed by atoms with Gasteiger partial charge >= 0.3 is 5.97 Å². The lowest BCUT2D eigenvalue weighted by Crippen LogP contribution is -2.34. The van der Waals surface area contributed by atoms with Gasteiger partial charge in [-0.2, -0.15) is 0 Å². The van der Waals surface area contributed by atoms with Crippen LogP contribution in [0.15, 0.2) is 60.7 Å². The average Bonchev–Trinajstić information content (AvgIpc) is 3.29. The summed E-state index contributed by atoms with van der Waals surface area (Å²) in [7, 11) is 1.38. The molecule has 0 aliphatic carbocycles. The Morgan fingerprint density at radius 3 is 2.47 bits per heavy atom. The Balaban J connectivity index is 1.56. The molecule has 1 aliphatic rings. The summed E-state index contributed by atoms with van der Waals surface area (Å²) >= 11 is 0. The standard InChI is InChI=1S/C25H22FNO7/c1-31-21-7-3-6-19(25(29)30)24(21)32-14-23(28)27(12-16-4-2-5-18(26)10-16)13-17-8-9-20-22(11-17)34-15-33-20/h2-11H,12-15H2,1H3,(H,29,30). The number of hydrogen-bond acceptors (Lipinski definition) is 6. The molecule has 176 valence electrons. The van der Waals surface area contributed by atoms with Crippen molar-refractivity contribution in [3.63, 3.8) is 0 Å². The minimum Gasteiger partial charge on any atom is -0.493 e. The van der Waals surface area contributed by atoms with Crippen LogP contribution in [0, 0.1) is 5.82 Å². The number of carbonyl (C=O) groups excluding carboxylic acids is 1. The van der Waals surface area contributed by atoms with E-state index >= 15 is 0 Å². The van der Waals surface area contributed by atoms with Crippen molar-refractivity contribution in [2.75, 3.05) is 20.5 Å². The van der Waals surface area contributed by atoms with Gasteiger partial charge in [-0.05, 0) is 47.5 Å². The molecular weight excluding hydrogens is 445 g/mol. The Hall–Kier alpha value is -4.27. The number of hydrogen-bond donors (Lipinski definition) is 1. The zero-order valence-corrected chi connectivity index (χ0v) is 18.3. The number of ether oxygens (including phenoxy) is 4. The van der Waals surface area contributed by atoms with Crippen molar-refractivity contribution in [2.45, 2.75) is 13.1 Å². The van der Waals surface area contributed by atoms with E-state index in [2.05, 4.69) is 0 Å². The molecular formula is C25H22FNO7. The molecule has 0 saturated heterocycles. The Kier molecular flexibility index (Phi) is 6.82. The van der Waals surface area contributed by atoms with Crippen LogP contribution >= 0.6 is 0 Å². The van der Waals surface area contributed by atoms with E-state index in [1.54, 1.807) is 30.3 Å². The number of benzene rings is 3. The van der Waals surface area contributed by atoms with Gasteiger partial charge in [0.05, 0.1) is 7.11 Å². The van der Waals surface area contributed by atoms with E-state index in [1.165, 1.54) is 36.3 Å². The van der Waals surface area contributed by atoms with Crippen molar-refractivity contribution in [1.82, 2.24) is 4.90 Å². The Bertz CT molecular complexity index is 1210. The van der Waals surface area contributed by atoms with Crippen LogP contribution in [0.5, 0.6) is 23.0 Å². The van der Waals surface area contributed by atoms with Gasteiger partial charge in [-0.15, -0.1) is 0 Å². The fourth-order valence-corrected chi connectivity index (χ4v) is 3.57. The lowest BCUT2D eigenvalue weighted by molar-refractivity contribution is -0.134. The fraction of sp³-hybridized carbons (Fsp3) is 0.200. The van der Waals surface area contributed by atoms with Gasteiger partial charge in [0.15, 0.2) is 29.6 Å². The minimum absolute atomic E-state index is 0.0420. The van der Waals surface area contributed by atoms with E-state index in [-0.39, 0.29) is 36.9 Å². The predicted molar refractivity (Wildman–Crippen MR) is 119 cm³/mol. The Labute approximate surface area is 195 Å². The third-order valence-electron chi connectivity index (χ3n) is 5.19. The summed E-state index contributed by atoms with van der Waals surface area (Å²) in [6.07, 6.45) is 0. The molecule has 0 atom stereocenters. The van der Waals surface area contributed by atoms with E-state index in [9.17, 15) is 19.1 Å². The van der Waals surface area contributed by atoms with Gasteiger partial charge in [0.2, 0.25) is 6.79 Å². The van der Waals surface area contributed by atoms with Crippen molar-refractivity contribution in [3.8, 4) is 23.0 Å². The van der Waals surface area contributed by atoms with Crippen LogP contribution in [0.1, 0.15) is 21.5 Å². The molecule has 1 amide bonds. The molecule has 0 radical (unpaired) electrons. The number of fused-ring (bicyclic) bond motifs is 1. The summed E-state index contributed by atoms with van der Waals surface area (Å²) in [6.45, 7) is -0.0108. The second-order valence-electron chi connectivity index (χ2n) is 7.50. The fourth-order valence-electron chi connectivity index (χ4n) is 3.57. The molecule has 8 nitrogen and oxygen atoms in total. The summed E-state index contributed by atoms with van der Waals surface area (Å²) in [6, 6.07) is 15.7. The van der Waals surface area contributed by atoms with Crippen molar-refractivity contribution >= 4 is 11.9 Å². The van der Waals surface area contributed by atoms with E-state index in [0.717, 1.165) is 5.56 Å². The van der Waals surface area contributed by atoms with E-state index in [1.807, 2.05) is 6.07 Å². The summed E-state index contributed by atoms with van der Waals surface area (Å²) in [5.41, 5.74) is 1.25. The number of carbonyl (C=O) groups is 2. The van der Waals surface area contributed by atoms with Gasteiger partial charge in [-0.1, -0.05) is 24.3 Å². The summed E-state index contributed by atoms with van der Waals surface area (Å²) in [4.78, 5) is 26.3. The first-order valence-electron chi connectivity index (χ1n) is 10.4. The van der Waals surface area contributed by atoms with Crippen LogP contribution < -0.4 is 18.9 Å². The first-order chi connectivity index (χ1) is 16.4. The number of aromatic carboxylic acids is 1. The van der Waals surface area contributed by atoms with Crippen LogP contribution in [-0.2, 0) is 17.9 Å². The van der Waals surface area contributed by atoms with Gasteiger partial charge in [-0.25, -0.2) is 9.18 Å². The number of carboxylic acids is 1. The third-order valence-corrected chi connectivity index (χ3v) is 5.19. The van der Waals surface area contributed by atoms with Crippen molar-refractivity contribution < 1.29 is 38.0 Å². The maximum absolute atomic E-state index is 13.7. The molecule has 1 heterocycles. The van der Waals surface area contributed by atoms with Crippen molar-refractivity contribution in [2.24, 2.45) is 0 Å².